The van der Waals surface area contributed by atoms with Gasteiger partial charge in [-0.2, -0.15) is 4.98 Å². The number of aryl methyl sites for hydroxylation is 1. The normalized spacial score (nSPS) is 21.4. The number of benzene rings is 1. The Hall–Kier alpha value is -2.96. The molecule has 28 heavy (non-hydrogen) atoms. The third-order valence-corrected chi connectivity index (χ3v) is 5.75. The molecule has 1 aliphatic heterocycles. The standard InChI is InChI=1S/C21H24N4O3/c1-25-16-8-5-12-21(16,13-11-19(25)27)14-22-17(26)9-10-18-23-20(24-28-18)15-6-3-2-4-7-15/h2-4,6-8H,5,9-14H2,1H3,(H,22,26). The second-order valence-corrected chi connectivity index (χ2v) is 7.52. The molecule has 0 radical (unpaired) electrons. The van der Waals surface area contributed by atoms with E-state index in [2.05, 4.69) is 21.5 Å². The quantitative estimate of drug-likeness (QED) is 0.832. The molecule has 7 nitrogen and oxygen atoms in total. The summed E-state index contributed by atoms with van der Waals surface area (Å²) in [6.45, 7) is 0.564. The Morgan fingerprint density at radius 3 is 2.93 bits per heavy atom. The number of nitrogens with zero attached hydrogens (tertiary/aromatic N) is 3. The first-order valence-electron chi connectivity index (χ1n) is 9.69. The van der Waals surface area contributed by atoms with Crippen LogP contribution in [0.3, 0.4) is 0 Å². The number of nitrogens with one attached hydrogen (secondary N) is 1. The molecule has 0 bridgehead atoms. The summed E-state index contributed by atoms with van der Waals surface area (Å²) in [5.41, 5.74) is 1.84. The van der Waals surface area contributed by atoms with Gasteiger partial charge in [0.15, 0.2) is 0 Å². The predicted octanol–water partition coefficient (Wildman–Crippen LogP) is 2.70. The van der Waals surface area contributed by atoms with Crippen molar-refractivity contribution in [2.45, 2.75) is 38.5 Å². The fourth-order valence-corrected chi connectivity index (χ4v) is 4.13. The first kappa shape index (κ1) is 18.4. The van der Waals surface area contributed by atoms with E-state index in [0.717, 1.165) is 30.5 Å². The fourth-order valence-electron chi connectivity index (χ4n) is 4.13. The van der Waals surface area contributed by atoms with Crippen molar-refractivity contribution in [3.8, 4) is 11.4 Å². The highest BCUT2D eigenvalue weighted by Crippen LogP contribution is 2.46. The van der Waals surface area contributed by atoms with Crippen LogP contribution < -0.4 is 5.32 Å². The van der Waals surface area contributed by atoms with Crippen LogP contribution in [0.15, 0.2) is 46.6 Å². The van der Waals surface area contributed by atoms with E-state index in [-0.39, 0.29) is 17.2 Å². The molecular formula is C21H24N4O3. The molecule has 1 saturated heterocycles. The highest BCUT2D eigenvalue weighted by Gasteiger charge is 2.44. The van der Waals surface area contributed by atoms with Gasteiger partial charge in [-0.05, 0) is 19.3 Å². The molecule has 1 aromatic carbocycles. The minimum atomic E-state index is -0.108. The summed E-state index contributed by atoms with van der Waals surface area (Å²) in [6, 6.07) is 9.60. The molecule has 2 aliphatic rings. The van der Waals surface area contributed by atoms with Crippen molar-refractivity contribution in [1.82, 2.24) is 20.4 Å². The second-order valence-electron chi connectivity index (χ2n) is 7.52. The third kappa shape index (κ3) is 3.56. The van der Waals surface area contributed by atoms with E-state index < -0.39 is 0 Å². The summed E-state index contributed by atoms with van der Waals surface area (Å²) >= 11 is 0. The SMILES string of the molecule is CN1C(=O)CCC2(CNC(=O)CCc3nc(-c4ccccc4)no3)CCC=C12. The van der Waals surface area contributed by atoms with Crippen LogP contribution in [-0.4, -0.2) is 40.4 Å². The Labute approximate surface area is 163 Å². The zero-order valence-electron chi connectivity index (χ0n) is 16.0. The smallest absolute Gasteiger partial charge is 0.227 e. The molecular weight excluding hydrogens is 356 g/mol. The first-order valence-corrected chi connectivity index (χ1v) is 9.69. The minimum Gasteiger partial charge on any atom is -0.355 e. The number of aromatic nitrogens is 2. The van der Waals surface area contributed by atoms with Crippen LogP contribution >= 0.6 is 0 Å². The summed E-state index contributed by atoms with van der Waals surface area (Å²) in [6.07, 6.45) is 6.09. The average Bonchev–Trinajstić information content (AvgIpc) is 3.36. The molecule has 2 heterocycles. The molecule has 2 aromatic rings. The van der Waals surface area contributed by atoms with Crippen LogP contribution in [0.4, 0.5) is 0 Å². The van der Waals surface area contributed by atoms with Crippen LogP contribution in [-0.2, 0) is 16.0 Å². The third-order valence-electron chi connectivity index (χ3n) is 5.75. The number of fused-ring (bicyclic) bond motifs is 1. The number of likely N-dealkylation sites (tertiary alicyclic amines) is 1. The number of hydrogen-bond donors (Lipinski definition) is 1. The molecule has 1 unspecified atom stereocenters. The molecule has 2 amide bonds. The lowest BCUT2D eigenvalue weighted by atomic mass is 9.77. The van der Waals surface area contributed by atoms with Crippen LogP contribution in [0.2, 0.25) is 0 Å². The maximum absolute atomic E-state index is 12.4. The van der Waals surface area contributed by atoms with E-state index in [1.165, 1.54) is 0 Å². The summed E-state index contributed by atoms with van der Waals surface area (Å²) < 4.78 is 5.26. The van der Waals surface area contributed by atoms with Crippen molar-refractivity contribution in [3.63, 3.8) is 0 Å². The summed E-state index contributed by atoms with van der Waals surface area (Å²) in [5.74, 6) is 1.10. The van der Waals surface area contributed by atoms with Crippen molar-refractivity contribution >= 4 is 11.8 Å². The van der Waals surface area contributed by atoms with Crippen LogP contribution in [0, 0.1) is 5.41 Å². The summed E-state index contributed by atoms with van der Waals surface area (Å²) in [5, 5.41) is 7.03. The first-order chi connectivity index (χ1) is 13.6. The lowest BCUT2D eigenvalue weighted by Gasteiger charge is -2.41. The Bertz CT molecular complexity index is 905. The Morgan fingerprint density at radius 1 is 1.29 bits per heavy atom. The molecule has 7 heteroatoms. The second kappa shape index (κ2) is 7.58. The topological polar surface area (TPSA) is 88.3 Å². The van der Waals surface area contributed by atoms with Crippen LogP contribution in [0.25, 0.3) is 11.4 Å². The number of carbonyl (C=O) groups excluding carboxylic acids is 2. The molecule has 1 N–H and O–H groups in total. The van der Waals surface area contributed by atoms with Gasteiger partial charge in [-0.3, -0.25) is 9.59 Å². The number of rotatable bonds is 6. The maximum Gasteiger partial charge on any atom is 0.227 e. The van der Waals surface area contributed by atoms with E-state index in [4.69, 9.17) is 4.52 Å². The van der Waals surface area contributed by atoms with E-state index in [9.17, 15) is 9.59 Å². The van der Waals surface area contributed by atoms with Crippen molar-refractivity contribution < 1.29 is 14.1 Å². The number of amides is 2. The molecule has 0 spiro atoms. The van der Waals surface area contributed by atoms with Crippen molar-refractivity contribution in [2.75, 3.05) is 13.6 Å². The zero-order chi connectivity index (χ0) is 19.6. The highest BCUT2D eigenvalue weighted by molar-refractivity contribution is 5.80. The number of piperidine rings is 1. The predicted molar refractivity (Wildman–Crippen MR) is 103 cm³/mol. The lowest BCUT2D eigenvalue weighted by molar-refractivity contribution is -0.132. The van der Waals surface area contributed by atoms with Gasteiger partial charge in [-0.1, -0.05) is 41.6 Å². The number of hydrogen-bond acceptors (Lipinski definition) is 5. The molecule has 1 aliphatic carbocycles. The molecule has 1 fully saturated rings. The lowest BCUT2D eigenvalue weighted by Crippen LogP contribution is -2.46. The monoisotopic (exact) mass is 380 g/mol. The molecule has 0 saturated carbocycles. The maximum atomic E-state index is 12.4. The van der Waals surface area contributed by atoms with E-state index in [1.54, 1.807) is 4.90 Å². The van der Waals surface area contributed by atoms with Gasteiger partial charge in [-0.25, -0.2) is 0 Å². The molecule has 1 atom stereocenters. The zero-order valence-corrected chi connectivity index (χ0v) is 16.0. The number of carbonyl (C=O) groups is 2. The van der Waals surface area contributed by atoms with Gasteiger partial charge in [0.2, 0.25) is 23.5 Å². The Morgan fingerprint density at radius 2 is 2.11 bits per heavy atom. The van der Waals surface area contributed by atoms with Gasteiger partial charge in [0.1, 0.15) is 0 Å². The molecule has 1 aromatic heterocycles. The Balaban J connectivity index is 1.30. The summed E-state index contributed by atoms with van der Waals surface area (Å²) in [4.78, 5) is 30.4. The van der Waals surface area contributed by atoms with Gasteiger partial charge in [0.25, 0.3) is 0 Å². The van der Waals surface area contributed by atoms with Gasteiger partial charge >= 0.3 is 0 Å². The molecule has 146 valence electrons. The largest absolute Gasteiger partial charge is 0.355 e. The van der Waals surface area contributed by atoms with Gasteiger partial charge in [-0.15, -0.1) is 0 Å². The molecule has 4 rings (SSSR count). The average molecular weight is 380 g/mol. The van der Waals surface area contributed by atoms with Gasteiger partial charge < -0.3 is 14.7 Å². The fraction of sp³-hybridized carbons (Fsp3) is 0.429. The van der Waals surface area contributed by atoms with Gasteiger partial charge in [0.05, 0.1) is 0 Å². The van der Waals surface area contributed by atoms with Crippen LogP contribution in [0.5, 0.6) is 0 Å². The van der Waals surface area contributed by atoms with E-state index >= 15 is 0 Å². The highest BCUT2D eigenvalue weighted by atomic mass is 16.5. The van der Waals surface area contributed by atoms with Gasteiger partial charge in [0, 0.05) is 49.5 Å². The van der Waals surface area contributed by atoms with Crippen molar-refractivity contribution in [1.29, 1.82) is 0 Å². The van der Waals surface area contributed by atoms with E-state index in [0.29, 0.717) is 37.5 Å². The minimum absolute atomic E-state index is 0.0420. The van der Waals surface area contributed by atoms with Crippen LogP contribution in [0.1, 0.15) is 38.0 Å². The number of allylic oxidation sites excluding steroid dienone is 1. The van der Waals surface area contributed by atoms with E-state index in [1.807, 2.05) is 37.4 Å². The Kier molecular flexibility index (Phi) is 4.98. The van der Waals surface area contributed by atoms with Crippen molar-refractivity contribution in [2.24, 2.45) is 5.41 Å². The van der Waals surface area contributed by atoms with Crippen molar-refractivity contribution in [3.05, 3.63) is 48.0 Å². The summed E-state index contributed by atoms with van der Waals surface area (Å²) in [7, 11) is 1.83.